The van der Waals surface area contributed by atoms with Crippen molar-refractivity contribution >= 4 is 11.6 Å². The van der Waals surface area contributed by atoms with E-state index in [4.69, 9.17) is 22.1 Å². The van der Waals surface area contributed by atoms with Crippen molar-refractivity contribution in [3.8, 4) is 5.75 Å². The van der Waals surface area contributed by atoms with Gasteiger partial charge in [-0.3, -0.25) is 0 Å². The third kappa shape index (κ3) is 3.22. The van der Waals surface area contributed by atoms with Gasteiger partial charge in [0.2, 0.25) is 0 Å². The van der Waals surface area contributed by atoms with Gasteiger partial charge in [-0.15, -0.1) is 0 Å². The van der Waals surface area contributed by atoms with Crippen LogP contribution in [-0.2, 0) is 12.8 Å². The molecule has 1 aliphatic rings. The van der Waals surface area contributed by atoms with Crippen LogP contribution in [0.25, 0.3) is 0 Å². The number of nitrogens with two attached hydrogens (primary N) is 1. The van der Waals surface area contributed by atoms with Crippen molar-refractivity contribution in [3.63, 3.8) is 0 Å². The van der Waals surface area contributed by atoms with Crippen LogP contribution in [0.4, 0.5) is 0 Å². The number of fused-ring (bicyclic) bond motifs is 1. The number of aryl methyl sites for hydroxylation is 2. The first-order valence-electron chi connectivity index (χ1n) is 7.40. The van der Waals surface area contributed by atoms with Crippen LogP contribution in [0.1, 0.15) is 34.7 Å². The van der Waals surface area contributed by atoms with Crippen molar-refractivity contribution in [1.82, 2.24) is 0 Å². The maximum atomic E-state index is 6.34. The Morgan fingerprint density at radius 3 is 2.95 bits per heavy atom. The van der Waals surface area contributed by atoms with E-state index in [0.717, 1.165) is 42.2 Å². The van der Waals surface area contributed by atoms with E-state index in [1.54, 1.807) is 0 Å². The van der Waals surface area contributed by atoms with E-state index < -0.39 is 0 Å². The molecule has 3 rings (SSSR count). The Hall–Kier alpha value is -1.51. The van der Waals surface area contributed by atoms with Gasteiger partial charge in [0.15, 0.2) is 0 Å². The molecule has 21 heavy (non-hydrogen) atoms. The van der Waals surface area contributed by atoms with E-state index in [-0.39, 0.29) is 6.04 Å². The van der Waals surface area contributed by atoms with Gasteiger partial charge in [-0.1, -0.05) is 29.8 Å². The van der Waals surface area contributed by atoms with Gasteiger partial charge in [-0.05, 0) is 60.2 Å². The predicted molar refractivity (Wildman–Crippen MR) is 87.1 cm³/mol. The molecular formula is C18H20ClNO. The van der Waals surface area contributed by atoms with Gasteiger partial charge in [0.25, 0.3) is 0 Å². The Labute approximate surface area is 130 Å². The second-order valence-corrected chi connectivity index (χ2v) is 6.12. The number of ether oxygens (including phenoxy) is 1. The number of hydrogen-bond acceptors (Lipinski definition) is 2. The molecule has 2 aromatic rings. The largest absolute Gasteiger partial charge is 0.493 e. The van der Waals surface area contributed by atoms with Crippen LogP contribution < -0.4 is 10.5 Å². The van der Waals surface area contributed by atoms with Gasteiger partial charge < -0.3 is 10.5 Å². The Morgan fingerprint density at radius 2 is 2.10 bits per heavy atom. The van der Waals surface area contributed by atoms with E-state index in [2.05, 4.69) is 25.1 Å². The first-order valence-corrected chi connectivity index (χ1v) is 7.77. The molecule has 0 spiro atoms. The number of rotatable bonds is 4. The fourth-order valence-electron chi connectivity index (χ4n) is 2.88. The van der Waals surface area contributed by atoms with Crippen LogP contribution in [0.2, 0.25) is 5.02 Å². The molecule has 0 aliphatic carbocycles. The lowest BCUT2D eigenvalue weighted by Crippen LogP contribution is -2.12. The van der Waals surface area contributed by atoms with Crippen molar-refractivity contribution in [1.29, 1.82) is 0 Å². The van der Waals surface area contributed by atoms with E-state index in [1.165, 1.54) is 16.7 Å². The minimum atomic E-state index is 0.0215. The molecule has 2 nitrogen and oxygen atoms in total. The average Bonchev–Trinajstić information content (AvgIpc) is 2.94. The standard InChI is InChI=1S/C18H20ClNO/c1-12-2-5-15(19)11-16(12)17(20)6-3-13-4-7-18-14(10-13)8-9-21-18/h2,4-5,7,10-11,17H,3,6,8-9,20H2,1H3. The van der Waals surface area contributed by atoms with Crippen molar-refractivity contribution in [2.45, 2.75) is 32.2 Å². The van der Waals surface area contributed by atoms with Crippen molar-refractivity contribution < 1.29 is 4.74 Å². The van der Waals surface area contributed by atoms with Crippen LogP contribution in [0.3, 0.4) is 0 Å². The quantitative estimate of drug-likeness (QED) is 0.918. The zero-order valence-electron chi connectivity index (χ0n) is 12.2. The molecule has 2 N–H and O–H groups in total. The lowest BCUT2D eigenvalue weighted by molar-refractivity contribution is 0.357. The molecule has 0 saturated carbocycles. The normalized spacial score (nSPS) is 14.6. The molecule has 0 saturated heterocycles. The Bertz CT molecular complexity index is 654. The molecule has 1 atom stereocenters. The van der Waals surface area contributed by atoms with Crippen LogP contribution in [0, 0.1) is 6.92 Å². The van der Waals surface area contributed by atoms with Crippen molar-refractivity contribution in [2.75, 3.05) is 6.61 Å². The van der Waals surface area contributed by atoms with Crippen LogP contribution in [0.5, 0.6) is 5.75 Å². The first kappa shape index (κ1) is 14.4. The average molecular weight is 302 g/mol. The minimum absolute atomic E-state index is 0.0215. The second-order valence-electron chi connectivity index (χ2n) is 5.69. The van der Waals surface area contributed by atoms with Crippen LogP contribution >= 0.6 is 11.6 Å². The molecule has 0 bridgehead atoms. The van der Waals surface area contributed by atoms with Gasteiger partial charge in [-0.25, -0.2) is 0 Å². The summed E-state index contributed by atoms with van der Waals surface area (Å²) in [6.45, 7) is 2.89. The molecule has 1 aliphatic heterocycles. The highest BCUT2D eigenvalue weighted by Gasteiger charge is 2.13. The molecule has 0 amide bonds. The molecule has 2 aromatic carbocycles. The number of halogens is 1. The summed E-state index contributed by atoms with van der Waals surface area (Å²) in [4.78, 5) is 0. The number of hydrogen-bond donors (Lipinski definition) is 1. The van der Waals surface area contributed by atoms with Crippen molar-refractivity contribution in [2.24, 2.45) is 5.73 Å². The fraction of sp³-hybridized carbons (Fsp3) is 0.333. The smallest absolute Gasteiger partial charge is 0.122 e. The predicted octanol–water partition coefficient (Wildman–Crippen LogP) is 4.22. The lowest BCUT2D eigenvalue weighted by Gasteiger charge is -2.15. The monoisotopic (exact) mass is 301 g/mol. The summed E-state index contributed by atoms with van der Waals surface area (Å²) < 4.78 is 5.54. The molecular weight excluding hydrogens is 282 g/mol. The highest BCUT2D eigenvalue weighted by atomic mass is 35.5. The summed E-state index contributed by atoms with van der Waals surface area (Å²) in [6, 6.07) is 12.4. The minimum Gasteiger partial charge on any atom is -0.493 e. The van der Waals surface area contributed by atoms with E-state index in [0.29, 0.717) is 0 Å². The highest BCUT2D eigenvalue weighted by molar-refractivity contribution is 6.30. The maximum Gasteiger partial charge on any atom is 0.122 e. The van der Waals surface area contributed by atoms with Crippen LogP contribution in [0.15, 0.2) is 36.4 Å². The molecule has 0 fully saturated rings. The summed E-state index contributed by atoms with van der Waals surface area (Å²) >= 11 is 6.07. The van der Waals surface area contributed by atoms with Gasteiger partial charge in [0, 0.05) is 17.5 Å². The summed E-state index contributed by atoms with van der Waals surface area (Å²) in [5, 5.41) is 0.751. The zero-order valence-corrected chi connectivity index (χ0v) is 13.0. The first-order chi connectivity index (χ1) is 10.1. The highest BCUT2D eigenvalue weighted by Crippen LogP contribution is 2.28. The molecule has 0 aromatic heterocycles. The van der Waals surface area contributed by atoms with Gasteiger partial charge in [0.05, 0.1) is 6.61 Å². The lowest BCUT2D eigenvalue weighted by atomic mass is 9.95. The van der Waals surface area contributed by atoms with E-state index in [1.807, 2.05) is 18.2 Å². The number of benzene rings is 2. The van der Waals surface area contributed by atoms with Crippen molar-refractivity contribution in [3.05, 3.63) is 63.7 Å². The molecule has 0 radical (unpaired) electrons. The van der Waals surface area contributed by atoms with E-state index in [9.17, 15) is 0 Å². The maximum absolute atomic E-state index is 6.34. The molecule has 110 valence electrons. The second kappa shape index (κ2) is 6.08. The topological polar surface area (TPSA) is 35.2 Å². The molecule has 1 heterocycles. The Kier molecular flexibility index (Phi) is 4.18. The third-order valence-electron chi connectivity index (χ3n) is 4.14. The molecule has 3 heteroatoms. The van der Waals surface area contributed by atoms with E-state index >= 15 is 0 Å². The molecule has 1 unspecified atom stereocenters. The summed E-state index contributed by atoms with van der Waals surface area (Å²) in [6.07, 6.45) is 2.91. The Morgan fingerprint density at radius 1 is 1.24 bits per heavy atom. The fourth-order valence-corrected chi connectivity index (χ4v) is 3.06. The van der Waals surface area contributed by atoms with Gasteiger partial charge in [-0.2, -0.15) is 0 Å². The van der Waals surface area contributed by atoms with Gasteiger partial charge in [0.1, 0.15) is 5.75 Å². The van der Waals surface area contributed by atoms with Gasteiger partial charge >= 0.3 is 0 Å². The third-order valence-corrected chi connectivity index (χ3v) is 4.37. The Balaban J connectivity index is 1.68. The summed E-state index contributed by atoms with van der Waals surface area (Å²) in [7, 11) is 0. The zero-order chi connectivity index (χ0) is 14.8. The SMILES string of the molecule is Cc1ccc(Cl)cc1C(N)CCc1ccc2c(c1)CCO2. The van der Waals surface area contributed by atoms with Crippen LogP contribution in [-0.4, -0.2) is 6.61 Å². The summed E-state index contributed by atoms with van der Waals surface area (Å²) in [5.74, 6) is 1.04. The summed E-state index contributed by atoms with van der Waals surface area (Å²) in [5.41, 5.74) is 11.3.